The van der Waals surface area contributed by atoms with Crippen molar-refractivity contribution in [3.63, 3.8) is 0 Å². The van der Waals surface area contributed by atoms with Gasteiger partial charge in [0.25, 0.3) is 0 Å². The van der Waals surface area contributed by atoms with Crippen molar-refractivity contribution in [1.29, 1.82) is 0 Å². The summed E-state index contributed by atoms with van der Waals surface area (Å²) in [6.07, 6.45) is 2.45. The van der Waals surface area contributed by atoms with Crippen molar-refractivity contribution < 1.29 is 68.5 Å². The van der Waals surface area contributed by atoms with Crippen molar-refractivity contribution >= 4 is 27.6 Å². The Morgan fingerprint density at radius 3 is 2.38 bits per heavy atom. The van der Waals surface area contributed by atoms with E-state index in [1.54, 1.807) is 0 Å². The van der Waals surface area contributed by atoms with Crippen molar-refractivity contribution in [2.75, 3.05) is 7.05 Å². The molecule has 0 bridgehead atoms. The van der Waals surface area contributed by atoms with Gasteiger partial charge in [-0.25, -0.2) is 18.6 Å². The molecule has 2 rings (SSSR count). The zero-order valence-electron chi connectivity index (χ0n) is 12.9. The van der Waals surface area contributed by atoms with Crippen LogP contribution < -0.4 is 40.7 Å². The zero-order chi connectivity index (χ0) is 15.1. The van der Waals surface area contributed by atoms with Gasteiger partial charge in [-0.3, -0.25) is 4.79 Å². The average molecular weight is 376 g/mol. The van der Waals surface area contributed by atoms with Gasteiger partial charge < -0.3 is 31.6 Å². The van der Waals surface area contributed by atoms with Crippen LogP contribution in [0.4, 0.5) is 4.79 Å². The average Bonchev–Trinajstić information content (AvgIpc) is 2.63. The topological polar surface area (TPSA) is 239 Å². The summed E-state index contributed by atoms with van der Waals surface area (Å²) in [4.78, 5) is 23.5. The summed E-state index contributed by atoms with van der Waals surface area (Å²) in [6, 6.07) is -0.929. The Kier molecular flexibility index (Phi) is 11.3. The number of allylic oxidation sites excluding steroid dienone is 3. The van der Waals surface area contributed by atoms with Gasteiger partial charge in [0.2, 0.25) is 5.78 Å². The van der Waals surface area contributed by atoms with E-state index < -0.39 is 27.3 Å². The number of hydrazone groups is 1. The molecule has 1 unspecified atom stereocenters. The number of primary amides is 1. The van der Waals surface area contributed by atoms with Crippen LogP contribution in [0.3, 0.4) is 0 Å². The van der Waals surface area contributed by atoms with E-state index in [1.165, 1.54) is 24.1 Å². The minimum Gasteiger partial charge on any atom is -0.746 e. The number of nitrogens with one attached hydrogen (secondary N) is 1. The van der Waals surface area contributed by atoms with Crippen LogP contribution in [-0.4, -0.2) is 64.2 Å². The zero-order valence-corrected chi connectivity index (χ0v) is 15.7. The second-order valence-corrected chi connectivity index (χ2v) is 5.83. The number of likely N-dealkylation sites (tertiary alicyclic amines) is 1. The van der Waals surface area contributed by atoms with Crippen molar-refractivity contribution in [2.45, 2.75) is 11.8 Å². The number of likely N-dealkylation sites (N-methyl/N-ethyl adjacent to an activating group) is 1. The first-order valence-electron chi connectivity index (χ1n) is 5.48. The van der Waals surface area contributed by atoms with Gasteiger partial charge >= 0.3 is 35.6 Å². The number of amides is 2. The molecule has 2 aliphatic rings. The number of ketones is 1. The summed E-state index contributed by atoms with van der Waals surface area (Å²) in [5.74, 6) is -0.520. The van der Waals surface area contributed by atoms with Gasteiger partial charge in [-0.1, -0.05) is 0 Å². The largest absolute Gasteiger partial charge is 1.00 e. The van der Waals surface area contributed by atoms with Crippen molar-refractivity contribution in [3.05, 3.63) is 23.4 Å². The Morgan fingerprint density at radius 1 is 1.38 bits per heavy atom. The first-order chi connectivity index (χ1) is 9.20. The molecule has 1 aliphatic carbocycles. The predicted molar refractivity (Wildman–Crippen MR) is 78.0 cm³/mol. The van der Waals surface area contributed by atoms with E-state index in [2.05, 4.69) is 5.10 Å². The fourth-order valence-corrected chi connectivity index (χ4v) is 2.96. The Bertz CT molecular complexity index is 687. The summed E-state index contributed by atoms with van der Waals surface area (Å²) in [5.41, 5.74) is 7.51. The Balaban J connectivity index is -0.00000110. The molecule has 2 amide bonds. The third-order valence-corrected chi connectivity index (χ3v) is 4.14. The predicted octanol–water partition coefficient (Wildman–Crippen LogP) is -6.86. The number of hydrogen-bond acceptors (Lipinski definition) is 7. The van der Waals surface area contributed by atoms with E-state index >= 15 is 0 Å². The molecule has 1 heterocycles. The fourth-order valence-electron chi connectivity index (χ4n) is 2.07. The molecular weight excluding hydrogens is 359 g/mol. The first kappa shape index (κ1) is 27.5. The number of fused-ring (bicyclic) bond motifs is 1. The summed E-state index contributed by atoms with van der Waals surface area (Å²) < 4.78 is 33.4. The molecule has 0 aromatic carbocycles. The summed E-state index contributed by atoms with van der Waals surface area (Å²) in [6.45, 7) is 0. The minimum atomic E-state index is -4.52. The van der Waals surface area contributed by atoms with Crippen LogP contribution in [0.25, 0.3) is 0 Å². The summed E-state index contributed by atoms with van der Waals surface area (Å²) in [5, 5.41) is 2.26. The molecule has 0 spiro atoms. The monoisotopic (exact) mass is 376 g/mol. The quantitative estimate of drug-likeness (QED) is 0.205. The summed E-state index contributed by atoms with van der Waals surface area (Å²) >= 11 is 0. The smallest absolute Gasteiger partial charge is 0.746 e. The molecule has 1 atom stereocenters. The first-order valence-corrected chi connectivity index (χ1v) is 6.95. The van der Waals surface area contributed by atoms with Gasteiger partial charge in [0.1, 0.15) is 21.2 Å². The molecule has 0 aromatic heterocycles. The Morgan fingerprint density at radius 2 is 1.92 bits per heavy atom. The molecule has 0 radical (unpaired) electrons. The van der Waals surface area contributed by atoms with Crippen LogP contribution in [0.2, 0.25) is 0 Å². The number of carbonyl (C=O) groups is 2. The van der Waals surface area contributed by atoms with E-state index in [4.69, 9.17) is 5.73 Å². The molecule has 0 saturated carbocycles. The van der Waals surface area contributed by atoms with Gasteiger partial charge in [0.05, 0.1) is 0 Å². The molecule has 12 nitrogen and oxygen atoms in total. The second kappa shape index (κ2) is 9.85. The van der Waals surface area contributed by atoms with Gasteiger partial charge in [0.15, 0.2) is 0 Å². The van der Waals surface area contributed by atoms with Gasteiger partial charge in [-0.05, 0) is 11.6 Å². The van der Waals surface area contributed by atoms with E-state index in [1.807, 2.05) is 5.43 Å². The van der Waals surface area contributed by atoms with Crippen LogP contribution in [0.15, 0.2) is 28.5 Å². The SMILES string of the molecule is CN1C2=CC(=O)/C(=N/NC(N)=O)C=C2CC1S(=O)(=O)[O-].O.O.O.[Na+]. The van der Waals surface area contributed by atoms with Crippen LogP contribution in [0, 0.1) is 0 Å². The molecule has 1 saturated heterocycles. The van der Waals surface area contributed by atoms with Crippen molar-refractivity contribution in [2.24, 2.45) is 10.8 Å². The standard InChI is InChI=1S/C10H12N4O5S.Na.3H2O/c1-14-7-4-8(15)6(12-13-10(11)16)2-5(7)3-9(14)20(17,18)19;;;;/h2,4,9H,3H2,1H3,(H3,11,13,16)(H,17,18,19);;3*1H2/q;+1;;;/p-1/b12-6+;;;;. The summed E-state index contributed by atoms with van der Waals surface area (Å²) in [7, 11) is -3.10. The maximum atomic E-state index is 11.8. The van der Waals surface area contributed by atoms with Gasteiger partial charge in [-0.2, -0.15) is 5.10 Å². The van der Waals surface area contributed by atoms with Crippen LogP contribution in [0.5, 0.6) is 0 Å². The van der Waals surface area contributed by atoms with Crippen LogP contribution >= 0.6 is 0 Å². The van der Waals surface area contributed by atoms with Gasteiger partial charge in [-0.15, -0.1) is 0 Å². The number of carbonyl (C=O) groups excluding carboxylic acids is 2. The van der Waals surface area contributed by atoms with Gasteiger partial charge in [0, 0.05) is 25.2 Å². The van der Waals surface area contributed by atoms with E-state index in [0.717, 1.165) is 0 Å². The Hall–Kier alpha value is -1.32. The molecule has 1 fully saturated rings. The number of hydrogen-bond donors (Lipinski definition) is 2. The second-order valence-electron chi connectivity index (χ2n) is 4.30. The van der Waals surface area contributed by atoms with Crippen LogP contribution in [0.1, 0.15) is 6.42 Å². The number of nitrogens with two attached hydrogens (primary N) is 1. The molecule has 0 aromatic rings. The van der Waals surface area contributed by atoms with E-state index in [0.29, 0.717) is 11.3 Å². The molecule has 1 aliphatic heterocycles. The van der Waals surface area contributed by atoms with Crippen molar-refractivity contribution in [1.82, 2.24) is 10.3 Å². The number of urea groups is 1. The van der Waals surface area contributed by atoms with Crippen LogP contribution in [-0.2, 0) is 14.9 Å². The van der Waals surface area contributed by atoms with Crippen molar-refractivity contribution in [3.8, 4) is 0 Å². The third kappa shape index (κ3) is 5.64. The third-order valence-electron chi connectivity index (χ3n) is 2.99. The molecule has 9 N–H and O–H groups in total. The Labute approximate surface area is 159 Å². The molecule has 132 valence electrons. The maximum Gasteiger partial charge on any atom is 1.00 e. The minimum absolute atomic E-state index is 0. The van der Waals surface area contributed by atoms with E-state index in [-0.39, 0.29) is 58.1 Å². The number of rotatable bonds is 2. The maximum absolute atomic E-state index is 11.8. The van der Waals surface area contributed by atoms with E-state index in [9.17, 15) is 22.6 Å². The normalized spacial score (nSPS) is 20.2. The number of nitrogens with zero attached hydrogens (tertiary/aromatic N) is 2. The molecule has 14 heteroatoms. The fraction of sp³-hybridized carbons (Fsp3) is 0.300. The molecule has 24 heavy (non-hydrogen) atoms. The molecular formula is C10H17N4NaO8S.